The van der Waals surface area contributed by atoms with Crippen LogP contribution in [0.3, 0.4) is 0 Å². The maximum Gasteiger partial charge on any atom is 0.101 e. The zero-order valence-electron chi connectivity index (χ0n) is 10.3. The van der Waals surface area contributed by atoms with Crippen LogP contribution in [0.1, 0.15) is 31.7 Å². The lowest BCUT2D eigenvalue weighted by Crippen LogP contribution is -2.35. The van der Waals surface area contributed by atoms with Gasteiger partial charge in [-0.05, 0) is 30.9 Å². The van der Waals surface area contributed by atoms with E-state index in [1.54, 1.807) is 6.07 Å². The lowest BCUT2D eigenvalue weighted by molar-refractivity contribution is 0.405. The Hall–Kier alpha value is -1.69. The molecule has 0 amide bonds. The molecule has 1 saturated heterocycles. The summed E-state index contributed by atoms with van der Waals surface area (Å²) in [6, 6.07) is 7.86. The molecule has 1 aromatic carbocycles. The fraction of sp³-hybridized carbons (Fsp3) is 0.500. The second kappa shape index (κ2) is 5.09. The highest BCUT2D eigenvalue weighted by molar-refractivity contribution is 5.74. The first-order valence-corrected chi connectivity index (χ1v) is 6.29. The van der Waals surface area contributed by atoms with Gasteiger partial charge in [-0.25, -0.2) is 0 Å². The number of piperidine rings is 1. The number of nitrogens with two attached hydrogens (primary N) is 1. The number of hydrogen-bond donors (Lipinski definition) is 1. The molecule has 1 aliphatic rings. The van der Waals surface area contributed by atoms with E-state index < -0.39 is 0 Å². The standard InChI is InChI=1S/C14H19N3/c1-2-11-5-4-8-17(10-11)13-7-3-6-12(9-15)14(13)16/h3,6-7,11H,2,4-5,8,10,16H2,1H3. The summed E-state index contributed by atoms with van der Waals surface area (Å²) in [5.41, 5.74) is 8.29. The van der Waals surface area contributed by atoms with E-state index in [2.05, 4.69) is 17.9 Å². The second-order valence-electron chi connectivity index (χ2n) is 4.71. The smallest absolute Gasteiger partial charge is 0.101 e. The molecule has 0 spiro atoms. The zero-order chi connectivity index (χ0) is 12.3. The maximum atomic E-state index is 8.99. The number of para-hydroxylation sites is 1. The monoisotopic (exact) mass is 229 g/mol. The van der Waals surface area contributed by atoms with Gasteiger partial charge < -0.3 is 10.6 Å². The minimum absolute atomic E-state index is 0.584. The van der Waals surface area contributed by atoms with Crippen LogP contribution in [0.25, 0.3) is 0 Å². The number of anilines is 2. The van der Waals surface area contributed by atoms with Crippen LogP contribution in [-0.4, -0.2) is 13.1 Å². The summed E-state index contributed by atoms with van der Waals surface area (Å²) >= 11 is 0. The summed E-state index contributed by atoms with van der Waals surface area (Å²) in [5, 5.41) is 8.99. The average Bonchev–Trinajstić information content (AvgIpc) is 2.39. The molecule has 17 heavy (non-hydrogen) atoms. The first-order valence-electron chi connectivity index (χ1n) is 6.29. The van der Waals surface area contributed by atoms with Crippen molar-refractivity contribution in [2.45, 2.75) is 26.2 Å². The third-order valence-corrected chi connectivity index (χ3v) is 3.64. The van der Waals surface area contributed by atoms with E-state index in [4.69, 9.17) is 11.0 Å². The molecule has 90 valence electrons. The molecule has 1 atom stereocenters. The van der Waals surface area contributed by atoms with Crippen LogP contribution < -0.4 is 10.6 Å². The van der Waals surface area contributed by atoms with E-state index in [9.17, 15) is 0 Å². The summed E-state index contributed by atoms with van der Waals surface area (Å²) < 4.78 is 0. The first kappa shape index (κ1) is 11.8. The fourth-order valence-corrected chi connectivity index (χ4v) is 2.54. The van der Waals surface area contributed by atoms with Gasteiger partial charge in [0.15, 0.2) is 0 Å². The SMILES string of the molecule is CCC1CCCN(c2cccc(C#N)c2N)C1. The van der Waals surface area contributed by atoms with Gasteiger partial charge in [-0.2, -0.15) is 5.26 Å². The van der Waals surface area contributed by atoms with Crippen LogP contribution in [-0.2, 0) is 0 Å². The van der Waals surface area contributed by atoms with E-state index in [0.717, 1.165) is 24.7 Å². The van der Waals surface area contributed by atoms with Crippen LogP contribution in [0.15, 0.2) is 18.2 Å². The van der Waals surface area contributed by atoms with Gasteiger partial charge in [0.1, 0.15) is 6.07 Å². The minimum Gasteiger partial charge on any atom is -0.396 e. The normalized spacial score (nSPS) is 20.0. The molecular formula is C14H19N3. The van der Waals surface area contributed by atoms with Crippen LogP contribution in [0.2, 0.25) is 0 Å². The van der Waals surface area contributed by atoms with E-state index in [-0.39, 0.29) is 0 Å². The maximum absolute atomic E-state index is 8.99. The molecule has 0 bridgehead atoms. The van der Waals surface area contributed by atoms with E-state index in [1.807, 2.05) is 12.1 Å². The Labute approximate surface area is 103 Å². The van der Waals surface area contributed by atoms with Crippen LogP contribution in [0.4, 0.5) is 11.4 Å². The molecule has 3 nitrogen and oxygen atoms in total. The van der Waals surface area contributed by atoms with Crippen LogP contribution in [0.5, 0.6) is 0 Å². The van der Waals surface area contributed by atoms with Crippen molar-refractivity contribution in [2.24, 2.45) is 5.92 Å². The number of nitrogens with zero attached hydrogens (tertiary/aromatic N) is 2. The number of nitriles is 1. The van der Waals surface area contributed by atoms with Crippen molar-refractivity contribution < 1.29 is 0 Å². The molecule has 1 aromatic rings. The predicted octanol–water partition coefficient (Wildman–Crippen LogP) is 2.77. The molecule has 1 fully saturated rings. The van der Waals surface area contributed by atoms with E-state index in [0.29, 0.717) is 11.3 Å². The van der Waals surface area contributed by atoms with Crippen molar-refractivity contribution in [3.8, 4) is 6.07 Å². The zero-order valence-corrected chi connectivity index (χ0v) is 10.3. The molecular weight excluding hydrogens is 210 g/mol. The van der Waals surface area contributed by atoms with Crippen LogP contribution >= 0.6 is 0 Å². The number of benzene rings is 1. The molecule has 1 aliphatic heterocycles. The summed E-state index contributed by atoms with van der Waals surface area (Å²) in [7, 11) is 0. The third-order valence-electron chi connectivity index (χ3n) is 3.64. The Morgan fingerprint density at radius 1 is 1.53 bits per heavy atom. The number of hydrogen-bond acceptors (Lipinski definition) is 3. The summed E-state index contributed by atoms with van der Waals surface area (Å²) in [6.07, 6.45) is 3.74. The van der Waals surface area contributed by atoms with Gasteiger partial charge in [0.2, 0.25) is 0 Å². The fourth-order valence-electron chi connectivity index (χ4n) is 2.54. The minimum atomic E-state index is 0.584. The Kier molecular flexibility index (Phi) is 3.53. The predicted molar refractivity (Wildman–Crippen MR) is 70.8 cm³/mol. The van der Waals surface area contributed by atoms with Crippen molar-refractivity contribution in [3.05, 3.63) is 23.8 Å². The highest BCUT2D eigenvalue weighted by Crippen LogP contribution is 2.30. The molecule has 3 heteroatoms. The van der Waals surface area contributed by atoms with Gasteiger partial charge in [-0.1, -0.05) is 19.4 Å². The average molecular weight is 229 g/mol. The lowest BCUT2D eigenvalue weighted by Gasteiger charge is -2.34. The third kappa shape index (κ3) is 2.36. The largest absolute Gasteiger partial charge is 0.396 e. The quantitative estimate of drug-likeness (QED) is 0.793. The van der Waals surface area contributed by atoms with Crippen molar-refractivity contribution in [1.82, 2.24) is 0 Å². The van der Waals surface area contributed by atoms with Crippen LogP contribution in [0, 0.1) is 17.2 Å². The first-order chi connectivity index (χ1) is 8.26. The molecule has 0 aliphatic carbocycles. The summed E-state index contributed by atoms with van der Waals surface area (Å²) in [5.74, 6) is 0.758. The topological polar surface area (TPSA) is 53.0 Å². The summed E-state index contributed by atoms with van der Waals surface area (Å²) in [4.78, 5) is 2.33. The molecule has 2 rings (SSSR count). The summed E-state index contributed by atoms with van der Waals surface area (Å²) in [6.45, 7) is 4.36. The second-order valence-corrected chi connectivity index (χ2v) is 4.71. The Bertz CT molecular complexity index is 434. The number of rotatable bonds is 2. The van der Waals surface area contributed by atoms with Gasteiger partial charge in [-0.3, -0.25) is 0 Å². The van der Waals surface area contributed by atoms with Crippen molar-refractivity contribution in [2.75, 3.05) is 23.7 Å². The Balaban J connectivity index is 2.25. The van der Waals surface area contributed by atoms with Gasteiger partial charge in [0.25, 0.3) is 0 Å². The Morgan fingerprint density at radius 2 is 2.35 bits per heavy atom. The molecule has 0 radical (unpaired) electrons. The van der Waals surface area contributed by atoms with Crippen molar-refractivity contribution >= 4 is 11.4 Å². The lowest BCUT2D eigenvalue weighted by atomic mass is 9.95. The van der Waals surface area contributed by atoms with Gasteiger partial charge in [0.05, 0.1) is 16.9 Å². The van der Waals surface area contributed by atoms with Gasteiger partial charge >= 0.3 is 0 Å². The molecule has 0 saturated carbocycles. The highest BCUT2D eigenvalue weighted by Gasteiger charge is 2.20. The van der Waals surface area contributed by atoms with Crippen molar-refractivity contribution in [1.29, 1.82) is 5.26 Å². The Morgan fingerprint density at radius 3 is 3.06 bits per heavy atom. The van der Waals surface area contributed by atoms with E-state index >= 15 is 0 Å². The van der Waals surface area contributed by atoms with Gasteiger partial charge in [0, 0.05) is 13.1 Å². The van der Waals surface area contributed by atoms with Crippen molar-refractivity contribution in [3.63, 3.8) is 0 Å². The van der Waals surface area contributed by atoms with E-state index in [1.165, 1.54) is 19.3 Å². The molecule has 1 heterocycles. The molecule has 1 unspecified atom stereocenters. The van der Waals surface area contributed by atoms with Gasteiger partial charge in [-0.15, -0.1) is 0 Å². The molecule has 2 N–H and O–H groups in total. The number of nitrogen functional groups attached to an aromatic ring is 1. The highest BCUT2D eigenvalue weighted by atomic mass is 15.1. The molecule has 0 aromatic heterocycles.